The van der Waals surface area contributed by atoms with Crippen molar-refractivity contribution in [3.63, 3.8) is 0 Å². The van der Waals surface area contributed by atoms with Gasteiger partial charge in [0.1, 0.15) is 5.82 Å². The monoisotopic (exact) mass is 323 g/mol. The molecule has 0 atom stereocenters. The lowest BCUT2D eigenvalue weighted by Gasteiger charge is -2.16. The van der Waals surface area contributed by atoms with Crippen LogP contribution < -0.4 is 0 Å². The molecule has 1 aromatic carbocycles. The maximum Gasteiger partial charge on any atom is 0.418 e. The molecule has 0 aliphatic heterocycles. The van der Waals surface area contributed by atoms with Crippen molar-refractivity contribution in [2.24, 2.45) is 0 Å². The fourth-order valence-corrected chi connectivity index (χ4v) is 2.19. The first-order valence-corrected chi connectivity index (χ1v) is 6.45. The van der Waals surface area contributed by atoms with Gasteiger partial charge in [-0.3, -0.25) is 4.57 Å². The van der Waals surface area contributed by atoms with E-state index in [1.165, 1.54) is 16.7 Å². The second-order valence-corrected chi connectivity index (χ2v) is 5.25. The van der Waals surface area contributed by atoms with Crippen LogP contribution in [0, 0.1) is 0 Å². The molecule has 0 fully saturated rings. The largest absolute Gasteiger partial charge is 0.418 e. The molecule has 1 heterocycles. The zero-order valence-corrected chi connectivity index (χ0v) is 12.1. The second-order valence-electron chi connectivity index (χ2n) is 4.48. The van der Waals surface area contributed by atoms with Crippen molar-refractivity contribution in [1.82, 2.24) is 14.8 Å². The van der Waals surface area contributed by atoms with E-state index < -0.39 is 11.7 Å². The van der Waals surface area contributed by atoms with Gasteiger partial charge in [0.15, 0.2) is 0 Å². The van der Waals surface area contributed by atoms with Gasteiger partial charge < -0.3 is 0 Å². The lowest BCUT2D eigenvalue weighted by molar-refractivity contribution is -0.137. The first-order chi connectivity index (χ1) is 9.21. The minimum atomic E-state index is -4.55. The maximum absolute atomic E-state index is 13.1. The van der Waals surface area contributed by atoms with E-state index in [2.05, 4.69) is 10.2 Å². The topological polar surface area (TPSA) is 30.7 Å². The van der Waals surface area contributed by atoms with Gasteiger partial charge >= 0.3 is 6.18 Å². The molecule has 0 aliphatic rings. The van der Waals surface area contributed by atoms with Gasteiger partial charge in [0, 0.05) is 10.9 Å². The van der Waals surface area contributed by atoms with Gasteiger partial charge in [-0.1, -0.05) is 25.4 Å². The predicted molar refractivity (Wildman–Crippen MR) is 70.5 cm³/mol. The second kappa shape index (κ2) is 5.26. The number of nitrogens with zero attached hydrogens (tertiary/aromatic N) is 3. The number of halogens is 5. The quantitative estimate of drug-likeness (QED) is 0.800. The number of aromatic nitrogens is 3. The lowest BCUT2D eigenvalue weighted by atomic mass is 10.1. The van der Waals surface area contributed by atoms with Crippen LogP contribution in [0.15, 0.2) is 18.2 Å². The van der Waals surface area contributed by atoms with E-state index in [0.29, 0.717) is 5.82 Å². The van der Waals surface area contributed by atoms with E-state index in [4.69, 9.17) is 23.2 Å². The van der Waals surface area contributed by atoms with Gasteiger partial charge in [-0.05, 0) is 29.8 Å². The highest BCUT2D eigenvalue weighted by Gasteiger charge is 2.35. The van der Waals surface area contributed by atoms with Crippen LogP contribution in [-0.4, -0.2) is 14.8 Å². The minimum absolute atomic E-state index is 0.00336. The van der Waals surface area contributed by atoms with Crippen LogP contribution in [0.4, 0.5) is 13.2 Å². The highest BCUT2D eigenvalue weighted by molar-refractivity contribution is 6.30. The molecule has 0 spiro atoms. The Morgan fingerprint density at radius 2 is 1.80 bits per heavy atom. The molecule has 0 amide bonds. The Morgan fingerprint density at radius 3 is 2.35 bits per heavy atom. The molecule has 0 N–H and O–H groups in total. The summed E-state index contributed by atoms with van der Waals surface area (Å²) >= 11 is 11.5. The molecule has 0 saturated heterocycles. The highest BCUT2D eigenvalue weighted by Crippen LogP contribution is 2.37. The normalized spacial score (nSPS) is 12.2. The molecule has 3 nitrogen and oxygen atoms in total. The number of benzene rings is 1. The molecule has 0 unspecified atom stereocenters. The number of rotatable bonds is 2. The summed E-state index contributed by atoms with van der Waals surface area (Å²) in [5, 5.41) is 7.33. The first kappa shape index (κ1) is 15.1. The number of hydrogen-bond donors (Lipinski definition) is 0. The molecular formula is C12H10Cl2F3N3. The van der Waals surface area contributed by atoms with Gasteiger partial charge in [0.05, 0.1) is 11.3 Å². The molecule has 2 rings (SSSR count). The van der Waals surface area contributed by atoms with Crippen LogP contribution in [0.2, 0.25) is 10.3 Å². The summed E-state index contributed by atoms with van der Waals surface area (Å²) in [7, 11) is 0. The third kappa shape index (κ3) is 2.76. The zero-order valence-electron chi connectivity index (χ0n) is 10.5. The Balaban J connectivity index is 2.74. The van der Waals surface area contributed by atoms with Crippen molar-refractivity contribution < 1.29 is 13.2 Å². The predicted octanol–water partition coefficient (Wildman–Crippen LogP) is 4.72. The van der Waals surface area contributed by atoms with Crippen molar-refractivity contribution in [3.8, 4) is 5.69 Å². The van der Waals surface area contributed by atoms with Crippen molar-refractivity contribution in [1.29, 1.82) is 0 Å². The lowest BCUT2D eigenvalue weighted by Crippen LogP contribution is -2.13. The third-order valence-electron chi connectivity index (χ3n) is 2.67. The Labute approximate surface area is 123 Å². The molecule has 2 aromatic rings. The van der Waals surface area contributed by atoms with Gasteiger partial charge in [0.2, 0.25) is 5.28 Å². The molecule has 0 bridgehead atoms. The Bertz CT molecular complexity index is 635. The Hall–Kier alpha value is -1.27. The SMILES string of the molecule is CC(C)c1nnc(Cl)n1-c1ccc(Cl)cc1C(F)(F)F. The Kier molecular flexibility index (Phi) is 3.97. The summed E-state index contributed by atoms with van der Waals surface area (Å²) in [6, 6.07) is 3.48. The first-order valence-electron chi connectivity index (χ1n) is 5.69. The minimum Gasteiger partial charge on any atom is -0.269 e. The molecule has 1 aromatic heterocycles. The van der Waals surface area contributed by atoms with Crippen molar-refractivity contribution in [2.45, 2.75) is 25.9 Å². The fraction of sp³-hybridized carbons (Fsp3) is 0.333. The van der Waals surface area contributed by atoms with Crippen molar-refractivity contribution in [3.05, 3.63) is 39.9 Å². The average Bonchev–Trinajstić information content (AvgIpc) is 2.70. The van der Waals surface area contributed by atoms with Crippen LogP contribution in [0.3, 0.4) is 0 Å². The van der Waals surface area contributed by atoms with Gasteiger partial charge in [-0.25, -0.2) is 0 Å². The van der Waals surface area contributed by atoms with E-state index in [9.17, 15) is 13.2 Å². The van der Waals surface area contributed by atoms with Crippen LogP contribution in [-0.2, 0) is 6.18 Å². The van der Waals surface area contributed by atoms with Crippen LogP contribution in [0.1, 0.15) is 31.2 Å². The fourth-order valence-electron chi connectivity index (χ4n) is 1.80. The molecule has 0 aliphatic carbocycles. The molecule has 0 radical (unpaired) electrons. The summed E-state index contributed by atoms with van der Waals surface area (Å²) in [4.78, 5) is 0. The molecule has 20 heavy (non-hydrogen) atoms. The van der Waals surface area contributed by atoms with Crippen LogP contribution >= 0.6 is 23.2 Å². The summed E-state index contributed by atoms with van der Waals surface area (Å²) in [6.07, 6.45) is -4.55. The van der Waals surface area contributed by atoms with Crippen molar-refractivity contribution in [2.75, 3.05) is 0 Å². The molecule has 108 valence electrons. The molecular weight excluding hydrogens is 314 g/mol. The van der Waals surface area contributed by atoms with E-state index in [-0.39, 0.29) is 21.9 Å². The summed E-state index contributed by atoms with van der Waals surface area (Å²) in [6.45, 7) is 3.58. The molecule has 0 saturated carbocycles. The highest BCUT2D eigenvalue weighted by atomic mass is 35.5. The summed E-state index contributed by atoms with van der Waals surface area (Å²) < 4.78 is 40.6. The summed E-state index contributed by atoms with van der Waals surface area (Å²) in [5.74, 6) is 0.217. The Morgan fingerprint density at radius 1 is 1.15 bits per heavy atom. The van der Waals surface area contributed by atoms with Gasteiger partial charge in [-0.2, -0.15) is 13.2 Å². The van der Waals surface area contributed by atoms with Crippen LogP contribution in [0.5, 0.6) is 0 Å². The van der Waals surface area contributed by atoms with E-state index >= 15 is 0 Å². The van der Waals surface area contributed by atoms with E-state index in [1.54, 1.807) is 13.8 Å². The summed E-state index contributed by atoms with van der Waals surface area (Å²) in [5.41, 5.74) is -1.02. The smallest absolute Gasteiger partial charge is 0.269 e. The van der Waals surface area contributed by atoms with Crippen LogP contribution in [0.25, 0.3) is 5.69 Å². The van der Waals surface area contributed by atoms with E-state index in [0.717, 1.165) is 6.07 Å². The van der Waals surface area contributed by atoms with E-state index in [1.807, 2.05) is 0 Å². The maximum atomic E-state index is 13.1. The van der Waals surface area contributed by atoms with Gasteiger partial charge in [0.25, 0.3) is 0 Å². The standard InChI is InChI=1S/C12H10Cl2F3N3/c1-6(2)10-18-19-11(14)20(10)9-4-3-7(13)5-8(9)12(15,16)17/h3-6H,1-2H3. The zero-order chi connectivity index (χ0) is 15.1. The average molecular weight is 324 g/mol. The van der Waals surface area contributed by atoms with Gasteiger partial charge in [-0.15, -0.1) is 10.2 Å². The third-order valence-corrected chi connectivity index (χ3v) is 3.15. The number of alkyl halides is 3. The van der Waals surface area contributed by atoms with Crippen molar-refractivity contribution >= 4 is 23.2 Å². The molecule has 8 heteroatoms. The number of hydrogen-bond acceptors (Lipinski definition) is 2.